The molecule has 104 valence electrons. The van der Waals surface area contributed by atoms with Crippen molar-refractivity contribution < 1.29 is 24.2 Å². The van der Waals surface area contributed by atoms with Crippen LogP contribution in [0.15, 0.2) is 10.9 Å². The first kappa shape index (κ1) is 15.1. The van der Waals surface area contributed by atoms with Crippen molar-refractivity contribution in [3.05, 3.63) is 16.6 Å². The first-order valence-corrected chi connectivity index (χ1v) is 6.26. The monoisotopic (exact) mass is 287 g/mol. The smallest absolute Gasteiger partial charge is 0.329 e. The topological polar surface area (TPSA) is 118 Å². The fourth-order valence-corrected chi connectivity index (χ4v) is 1.70. The van der Waals surface area contributed by atoms with Crippen LogP contribution < -0.4 is 10.6 Å². The summed E-state index contributed by atoms with van der Waals surface area (Å²) in [4.78, 5) is 36.5. The summed E-state index contributed by atoms with van der Waals surface area (Å²) >= 11 is 1.46. The average Bonchev–Trinajstić information content (AvgIpc) is 2.81. The van der Waals surface area contributed by atoms with Gasteiger partial charge < -0.3 is 15.2 Å². The van der Waals surface area contributed by atoms with E-state index in [-0.39, 0.29) is 0 Å². The zero-order chi connectivity index (χ0) is 14.1. The van der Waals surface area contributed by atoms with Crippen LogP contribution in [-0.4, -0.2) is 47.8 Å². The molecule has 0 fully saturated rings. The van der Waals surface area contributed by atoms with Crippen LogP contribution in [0.2, 0.25) is 0 Å². The molecular weight excluding hydrogens is 274 g/mol. The van der Waals surface area contributed by atoms with Crippen LogP contribution in [0.25, 0.3) is 0 Å². The third kappa shape index (κ3) is 7.11. The third-order valence-corrected chi connectivity index (χ3v) is 2.50. The number of carboxylic acids is 1. The van der Waals surface area contributed by atoms with Gasteiger partial charge in [-0.1, -0.05) is 0 Å². The predicted molar refractivity (Wildman–Crippen MR) is 65.8 cm³/mol. The first-order chi connectivity index (χ1) is 9.08. The molecule has 0 saturated heterocycles. The summed E-state index contributed by atoms with van der Waals surface area (Å²) in [5, 5.41) is 14.6. The highest BCUT2D eigenvalue weighted by molar-refractivity contribution is 7.07. The molecule has 0 aliphatic heterocycles. The van der Waals surface area contributed by atoms with Crippen molar-refractivity contribution in [3.8, 4) is 0 Å². The number of hydrogen-bond donors (Lipinski definition) is 3. The summed E-state index contributed by atoms with van der Waals surface area (Å²) in [7, 11) is 0. The van der Waals surface area contributed by atoms with Crippen molar-refractivity contribution in [2.75, 3.05) is 19.8 Å². The molecule has 1 aromatic heterocycles. The molecule has 8 nitrogen and oxygen atoms in total. The van der Waals surface area contributed by atoms with E-state index in [2.05, 4.69) is 15.0 Å². The number of carbonyl (C=O) groups excluding carboxylic acids is 2. The standard InChI is InChI=1S/C10H13N3O5S/c14-8(3-18-4-9(15)16)13-10(17)11-2-1-7-5-19-6-12-7/h5-6H,1-4H2,(H,15,16)(H2,11,13,14,17). The second-order valence-electron chi connectivity index (χ2n) is 3.42. The molecule has 0 atom stereocenters. The zero-order valence-electron chi connectivity index (χ0n) is 9.92. The second kappa shape index (κ2) is 8.16. The highest BCUT2D eigenvalue weighted by atomic mass is 32.1. The number of imide groups is 1. The molecule has 1 rings (SSSR count). The van der Waals surface area contributed by atoms with Gasteiger partial charge in [-0.2, -0.15) is 0 Å². The SMILES string of the molecule is O=C(O)COCC(=O)NC(=O)NCCc1cscn1. The van der Waals surface area contributed by atoms with E-state index in [9.17, 15) is 14.4 Å². The van der Waals surface area contributed by atoms with Crippen molar-refractivity contribution in [3.63, 3.8) is 0 Å². The molecule has 3 amide bonds. The fourth-order valence-electron chi connectivity index (χ4n) is 1.10. The number of nitrogens with one attached hydrogen (secondary N) is 2. The summed E-state index contributed by atoms with van der Waals surface area (Å²) in [5.74, 6) is -1.88. The lowest BCUT2D eigenvalue weighted by Crippen LogP contribution is -2.42. The van der Waals surface area contributed by atoms with Gasteiger partial charge in [0.2, 0.25) is 0 Å². The molecule has 0 bridgehead atoms. The Bertz CT molecular complexity index is 434. The van der Waals surface area contributed by atoms with Gasteiger partial charge in [-0.3, -0.25) is 10.1 Å². The summed E-state index contributed by atoms with van der Waals surface area (Å²) < 4.78 is 4.52. The van der Waals surface area contributed by atoms with Gasteiger partial charge in [-0.05, 0) is 0 Å². The van der Waals surface area contributed by atoms with E-state index in [0.29, 0.717) is 13.0 Å². The maximum atomic E-state index is 11.2. The number of thiazole rings is 1. The number of aromatic nitrogens is 1. The molecule has 0 unspecified atom stereocenters. The Kier molecular flexibility index (Phi) is 6.47. The Morgan fingerprint density at radius 2 is 2.16 bits per heavy atom. The summed E-state index contributed by atoms with van der Waals surface area (Å²) in [6, 6.07) is -0.654. The Morgan fingerprint density at radius 3 is 2.79 bits per heavy atom. The van der Waals surface area contributed by atoms with E-state index < -0.39 is 31.1 Å². The van der Waals surface area contributed by atoms with E-state index in [0.717, 1.165) is 5.69 Å². The van der Waals surface area contributed by atoms with Gasteiger partial charge in [0.1, 0.15) is 13.2 Å². The predicted octanol–water partition coefficient (Wildman–Crippen LogP) is -0.387. The first-order valence-electron chi connectivity index (χ1n) is 5.32. The molecule has 0 saturated carbocycles. The molecule has 0 radical (unpaired) electrons. The van der Waals surface area contributed by atoms with Gasteiger partial charge >= 0.3 is 12.0 Å². The van der Waals surface area contributed by atoms with Crippen molar-refractivity contribution in [1.82, 2.24) is 15.6 Å². The Morgan fingerprint density at radius 1 is 1.37 bits per heavy atom. The minimum Gasteiger partial charge on any atom is -0.480 e. The van der Waals surface area contributed by atoms with E-state index in [1.54, 1.807) is 5.51 Å². The van der Waals surface area contributed by atoms with E-state index in [1.807, 2.05) is 10.7 Å². The molecule has 0 aliphatic rings. The van der Waals surface area contributed by atoms with Crippen LogP contribution >= 0.6 is 11.3 Å². The van der Waals surface area contributed by atoms with Gasteiger partial charge in [0.25, 0.3) is 5.91 Å². The van der Waals surface area contributed by atoms with Gasteiger partial charge in [-0.15, -0.1) is 11.3 Å². The van der Waals surface area contributed by atoms with Crippen LogP contribution in [0.3, 0.4) is 0 Å². The number of carboxylic acid groups (broad SMARTS) is 1. The third-order valence-electron chi connectivity index (χ3n) is 1.86. The highest BCUT2D eigenvalue weighted by Crippen LogP contribution is 2.00. The number of carbonyl (C=O) groups is 3. The number of aliphatic carboxylic acids is 1. The summed E-state index contributed by atoms with van der Waals surface area (Å²) in [6.45, 7) is -0.719. The molecule has 0 spiro atoms. The second-order valence-corrected chi connectivity index (χ2v) is 4.14. The lowest BCUT2D eigenvalue weighted by atomic mass is 10.3. The van der Waals surface area contributed by atoms with Crippen LogP contribution in [0, 0.1) is 0 Å². The quantitative estimate of drug-likeness (QED) is 0.629. The molecule has 9 heteroatoms. The Labute approximate surface area is 112 Å². The summed E-state index contributed by atoms with van der Waals surface area (Å²) in [5.41, 5.74) is 2.56. The number of nitrogens with zero attached hydrogens (tertiary/aromatic N) is 1. The van der Waals surface area contributed by atoms with E-state index in [1.165, 1.54) is 11.3 Å². The van der Waals surface area contributed by atoms with Crippen LogP contribution in [-0.2, 0) is 20.7 Å². The summed E-state index contributed by atoms with van der Waals surface area (Å²) in [6.07, 6.45) is 0.570. The number of urea groups is 1. The van der Waals surface area contributed by atoms with Crippen molar-refractivity contribution in [2.24, 2.45) is 0 Å². The molecule has 19 heavy (non-hydrogen) atoms. The molecule has 3 N–H and O–H groups in total. The highest BCUT2D eigenvalue weighted by Gasteiger charge is 2.08. The number of amides is 3. The van der Waals surface area contributed by atoms with E-state index >= 15 is 0 Å². The number of rotatable bonds is 7. The van der Waals surface area contributed by atoms with Crippen molar-refractivity contribution >= 4 is 29.2 Å². The number of ether oxygens (including phenoxy) is 1. The minimum atomic E-state index is -1.18. The molecular formula is C10H13N3O5S. The Hall–Kier alpha value is -2.00. The van der Waals surface area contributed by atoms with Crippen molar-refractivity contribution in [1.29, 1.82) is 0 Å². The normalized spacial score (nSPS) is 9.89. The molecule has 0 aromatic carbocycles. The Balaban J connectivity index is 2.09. The largest absolute Gasteiger partial charge is 0.480 e. The lowest BCUT2D eigenvalue weighted by molar-refractivity contribution is -0.143. The van der Waals surface area contributed by atoms with Crippen LogP contribution in [0.5, 0.6) is 0 Å². The van der Waals surface area contributed by atoms with Crippen LogP contribution in [0.4, 0.5) is 4.79 Å². The lowest BCUT2D eigenvalue weighted by Gasteiger charge is -2.05. The minimum absolute atomic E-state index is 0.346. The number of hydrogen-bond acceptors (Lipinski definition) is 6. The maximum absolute atomic E-state index is 11.2. The maximum Gasteiger partial charge on any atom is 0.329 e. The van der Waals surface area contributed by atoms with Gasteiger partial charge in [0.15, 0.2) is 0 Å². The van der Waals surface area contributed by atoms with E-state index in [4.69, 9.17) is 5.11 Å². The molecule has 1 heterocycles. The van der Waals surface area contributed by atoms with Gasteiger partial charge in [0.05, 0.1) is 11.2 Å². The average molecular weight is 287 g/mol. The zero-order valence-corrected chi connectivity index (χ0v) is 10.7. The molecule has 1 aromatic rings. The van der Waals surface area contributed by atoms with Crippen molar-refractivity contribution in [2.45, 2.75) is 6.42 Å². The van der Waals surface area contributed by atoms with Crippen LogP contribution in [0.1, 0.15) is 5.69 Å². The van der Waals surface area contributed by atoms with Gasteiger partial charge in [-0.25, -0.2) is 14.6 Å². The van der Waals surface area contributed by atoms with Gasteiger partial charge in [0, 0.05) is 18.3 Å². The fraction of sp³-hybridized carbons (Fsp3) is 0.400. The molecule has 0 aliphatic carbocycles.